The van der Waals surface area contributed by atoms with Crippen LogP contribution in [0.25, 0.3) is 11.3 Å². The second kappa shape index (κ2) is 4.14. The molecule has 0 radical (unpaired) electrons. The van der Waals surface area contributed by atoms with Crippen LogP contribution in [0, 0.1) is 0 Å². The molecular weight excluding hydrogens is 200 g/mol. The molecule has 0 fully saturated rings. The molecule has 1 aromatic heterocycles. The van der Waals surface area contributed by atoms with E-state index >= 15 is 0 Å². The highest BCUT2D eigenvalue weighted by Crippen LogP contribution is 2.25. The lowest BCUT2D eigenvalue weighted by atomic mass is 10.0. The molecule has 0 saturated carbocycles. The van der Waals surface area contributed by atoms with Gasteiger partial charge in [0.25, 0.3) is 0 Å². The molecule has 2 rings (SSSR count). The van der Waals surface area contributed by atoms with Gasteiger partial charge in [-0.1, -0.05) is 30.3 Å². The molecule has 0 aliphatic rings. The quantitative estimate of drug-likeness (QED) is 0.778. The minimum Gasteiger partial charge on any atom is -0.398 e. The van der Waals surface area contributed by atoms with Crippen molar-refractivity contribution in [3.8, 4) is 11.3 Å². The zero-order valence-corrected chi connectivity index (χ0v) is 8.97. The Bertz CT molecular complexity index is 521. The summed E-state index contributed by atoms with van der Waals surface area (Å²) in [4.78, 5) is 15.8. The van der Waals surface area contributed by atoms with Gasteiger partial charge in [0.1, 0.15) is 0 Å². The largest absolute Gasteiger partial charge is 0.398 e. The molecule has 0 amide bonds. The van der Waals surface area contributed by atoms with Gasteiger partial charge in [-0.05, 0) is 13.0 Å². The molecule has 0 spiro atoms. The van der Waals surface area contributed by atoms with Crippen LogP contribution in [0.1, 0.15) is 17.3 Å². The monoisotopic (exact) mass is 212 g/mol. The Balaban J connectivity index is 2.66. The summed E-state index contributed by atoms with van der Waals surface area (Å²) in [6.07, 6.45) is 1.62. The van der Waals surface area contributed by atoms with Gasteiger partial charge in [0, 0.05) is 17.4 Å². The normalized spacial score (nSPS) is 10.1. The smallest absolute Gasteiger partial charge is 0.164 e. The third kappa shape index (κ3) is 1.80. The lowest BCUT2D eigenvalue weighted by Crippen LogP contribution is -2.03. The molecule has 0 unspecified atom stereocenters. The number of anilines is 1. The molecule has 1 heterocycles. The molecule has 1 aromatic carbocycles. The van der Waals surface area contributed by atoms with E-state index in [0.717, 1.165) is 5.56 Å². The predicted octanol–water partition coefficient (Wildman–Crippen LogP) is 2.53. The molecule has 0 aliphatic heterocycles. The summed E-state index contributed by atoms with van der Waals surface area (Å²) < 4.78 is 0. The number of hydrogen-bond acceptors (Lipinski definition) is 3. The second-order valence-electron chi connectivity index (χ2n) is 3.55. The molecule has 0 atom stereocenters. The van der Waals surface area contributed by atoms with Crippen LogP contribution in [0.15, 0.2) is 42.6 Å². The van der Waals surface area contributed by atoms with Crippen molar-refractivity contribution in [2.45, 2.75) is 6.92 Å². The number of carbonyl (C=O) groups excluding carboxylic acids is 1. The predicted molar refractivity (Wildman–Crippen MR) is 64.1 cm³/mol. The third-order valence-electron chi connectivity index (χ3n) is 2.38. The summed E-state index contributed by atoms with van der Waals surface area (Å²) in [5.41, 5.74) is 8.32. The number of nitrogen functional groups attached to an aromatic ring is 1. The van der Waals surface area contributed by atoms with Gasteiger partial charge in [0.2, 0.25) is 0 Å². The summed E-state index contributed by atoms with van der Waals surface area (Å²) in [7, 11) is 0. The van der Waals surface area contributed by atoms with Crippen molar-refractivity contribution in [3.63, 3.8) is 0 Å². The molecule has 16 heavy (non-hydrogen) atoms. The van der Waals surface area contributed by atoms with Crippen LogP contribution in [0.5, 0.6) is 0 Å². The number of Topliss-reactive ketones (excluding diaryl/α,β-unsaturated/α-hetero) is 1. The second-order valence-corrected chi connectivity index (χ2v) is 3.55. The minimum atomic E-state index is -0.0653. The van der Waals surface area contributed by atoms with Crippen molar-refractivity contribution in [3.05, 3.63) is 48.2 Å². The van der Waals surface area contributed by atoms with Gasteiger partial charge in [0.15, 0.2) is 5.78 Å². The Morgan fingerprint density at radius 1 is 1.19 bits per heavy atom. The summed E-state index contributed by atoms with van der Waals surface area (Å²) >= 11 is 0. The highest BCUT2D eigenvalue weighted by molar-refractivity contribution is 6.04. The molecule has 80 valence electrons. The number of nitrogens with two attached hydrogens (primary N) is 1. The number of ketones is 1. The molecule has 0 aliphatic carbocycles. The van der Waals surface area contributed by atoms with Gasteiger partial charge in [-0.3, -0.25) is 9.78 Å². The molecule has 3 heteroatoms. The summed E-state index contributed by atoms with van der Waals surface area (Å²) in [5, 5.41) is 0. The van der Waals surface area contributed by atoms with Gasteiger partial charge in [-0.15, -0.1) is 0 Å². The topological polar surface area (TPSA) is 56.0 Å². The van der Waals surface area contributed by atoms with E-state index in [1.165, 1.54) is 6.92 Å². The first-order valence-corrected chi connectivity index (χ1v) is 5.01. The third-order valence-corrected chi connectivity index (χ3v) is 2.38. The number of aromatic nitrogens is 1. The maximum absolute atomic E-state index is 11.5. The number of carbonyl (C=O) groups is 1. The highest BCUT2D eigenvalue weighted by atomic mass is 16.1. The summed E-state index contributed by atoms with van der Waals surface area (Å²) in [6.45, 7) is 1.50. The van der Waals surface area contributed by atoms with E-state index < -0.39 is 0 Å². The van der Waals surface area contributed by atoms with Crippen LogP contribution >= 0.6 is 0 Å². The maximum Gasteiger partial charge on any atom is 0.164 e. The highest BCUT2D eigenvalue weighted by Gasteiger charge is 2.13. The molecule has 3 nitrogen and oxygen atoms in total. The lowest BCUT2D eigenvalue weighted by molar-refractivity contribution is 0.101. The molecule has 2 aromatic rings. The Morgan fingerprint density at radius 3 is 2.50 bits per heavy atom. The number of benzene rings is 1. The van der Waals surface area contributed by atoms with E-state index in [1.54, 1.807) is 12.3 Å². The first-order valence-electron chi connectivity index (χ1n) is 5.01. The van der Waals surface area contributed by atoms with E-state index in [2.05, 4.69) is 4.98 Å². The minimum absolute atomic E-state index is 0.0653. The zero-order valence-electron chi connectivity index (χ0n) is 8.97. The van der Waals surface area contributed by atoms with Gasteiger partial charge in [-0.25, -0.2) is 0 Å². The van der Waals surface area contributed by atoms with Crippen molar-refractivity contribution >= 4 is 11.5 Å². The van der Waals surface area contributed by atoms with Crippen LogP contribution in [0.2, 0.25) is 0 Å². The van der Waals surface area contributed by atoms with Gasteiger partial charge in [-0.2, -0.15) is 0 Å². The van der Waals surface area contributed by atoms with E-state index in [4.69, 9.17) is 5.73 Å². The molecular formula is C13H12N2O. The number of nitrogens with zero attached hydrogens (tertiary/aromatic N) is 1. The SMILES string of the molecule is CC(=O)c1c(N)ccnc1-c1ccccc1. The van der Waals surface area contributed by atoms with E-state index in [-0.39, 0.29) is 5.78 Å². The first kappa shape index (κ1) is 10.4. The standard InChI is InChI=1S/C13H12N2O/c1-9(16)12-11(14)7-8-15-13(12)10-5-3-2-4-6-10/h2-8H,1H3,(H2,14,15). The van der Waals surface area contributed by atoms with Crippen molar-refractivity contribution in [2.24, 2.45) is 0 Å². The fourth-order valence-corrected chi connectivity index (χ4v) is 1.66. The van der Waals surface area contributed by atoms with Crippen molar-refractivity contribution in [2.75, 3.05) is 5.73 Å². The van der Waals surface area contributed by atoms with Crippen molar-refractivity contribution in [1.29, 1.82) is 0 Å². The Kier molecular flexibility index (Phi) is 2.68. The van der Waals surface area contributed by atoms with Crippen LogP contribution in [-0.4, -0.2) is 10.8 Å². The fraction of sp³-hybridized carbons (Fsp3) is 0.0769. The lowest BCUT2D eigenvalue weighted by Gasteiger charge is -2.08. The molecule has 0 saturated heterocycles. The van der Waals surface area contributed by atoms with Gasteiger partial charge < -0.3 is 5.73 Å². The summed E-state index contributed by atoms with van der Waals surface area (Å²) in [6, 6.07) is 11.2. The first-order chi connectivity index (χ1) is 7.70. The van der Waals surface area contributed by atoms with Gasteiger partial charge >= 0.3 is 0 Å². The zero-order chi connectivity index (χ0) is 11.5. The number of pyridine rings is 1. The summed E-state index contributed by atoms with van der Waals surface area (Å²) in [5.74, 6) is -0.0653. The van der Waals surface area contributed by atoms with E-state index in [9.17, 15) is 4.79 Å². The van der Waals surface area contributed by atoms with Crippen molar-refractivity contribution < 1.29 is 4.79 Å². The van der Waals surface area contributed by atoms with Crippen LogP contribution in [-0.2, 0) is 0 Å². The Hall–Kier alpha value is -2.16. The Labute approximate surface area is 93.9 Å². The van der Waals surface area contributed by atoms with Crippen LogP contribution in [0.3, 0.4) is 0 Å². The van der Waals surface area contributed by atoms with Crippen LogP contribution < -0.4 is 5.73 Å². The van der Waals surface area contributed by atoms with Gasteiger partial charge in [0.05, 0.1) is 11.3 Å². The Morgan fingerprint density at radius 2 is 1.88 bits per heavy atom. The molecule has 2 N–H and O–H groups in total. The molecule has 0 bridgehead atoms. The van der Waals surface area contributed by atoms with E-state index in [0.29, 0.717) is 16.9 Å². The van der Waals surface area contributed by atoms with Crippen molar-refractivity contribution in [1.82, 2.24) is 4.98 Å². The number of rotatable bonds is 2. The van der Waals surface area contributed by atoms with Crippen LogP contribution in [0.4, 0.5) is 5.69 Å². The average molecular weight is 212 g/mol. The fourth-order valence-electron chi connectivity index (χ4n) is 1.66. The number of hydrogen-bond donors (Lipinski definition) is 1. The average Bonchev–Trinajstić information content (AvgIpc) is 2.29. The van der Waals surface area contributed by atoms with E-state index in [1.807, 2.05) is 30.3 Å². The maximum atomic E-state index is 11.5.